The van der Waals surface area contributed by atoms with Crippen LogP contribution in [0.25, 0.3) is 0 Å². The van der Waals surface area contributed by atoms with E-state index >= 15 is 0 Å². The molecule has 3 saturated heterocycles. The standard InChI is InChI=1S/C22H24N2O5/c1-10-19-13(7-14(25)20(10)28)22-3-4-24-9-11-2-5-29-15(8-17(26)27)18(21(22)23-19)12(11)6-16(22)24/h2,7,12,15-16,18,21,23H,3-6,8-9H2,1H3,(H,26,27). The van der Waals surface area contributed by atoms with Crippen LogP contribution in [0.15, 0.2) is 34.6 Å². The number of hydrogen-bond donors (Lipinski definition) is 2. The van der Waals surface area contributed by atoms with Crippen molar-refractivity contribution in [1.29, 1.82) is 0 Å². The van der Waals surface area contributed by atoms with Crippen LogP contribution in [0.3, 0.4) is 0 Å². The molecule has 6 atom stereocenters. The van der Waals surface area contributed by atoms with E-state index in [4.69, 9.17) is 4.74 Å². The van der Waals surface area contributed by atoms with Crippen LogP contribution in [-0.2, 0) is 19.1 Å². The largest absolute Gasteiger partial charge is 0.481 e. The first kappa shape index (κ1) is 17.6. The molecule has 2 bridgehead atoms. The monoisotopic (exact) mass is 396 g/mol. The molecule has 2 aliphatic carbocycles. The Labute approximate surface area is 168 Å². The molecular weight excluding hydrogens is 372 g/mol. The Bertz CT molecular complexity index is 962. The zero-order valence-electron chi connectivity index (χ0n) is 16.3. The van der Waals surface area contributed by atoms with E-state index in [1.807, 2.05) is 0 Å². The Hall–Kier alpha value is -2.25. The van der Waals surface area contributed by atoms with Gasteiger partial charge in [0, 0.05) is 41.2 Å². The van der Waals surface area contributed by atoms with Gasteiger partial charge < -0.3 is 15.2 Å². The van der Waals surface area contributed by atoms with Crippen LogP contribution in [0.2, 0.25) is 0 Å². The molecule has 2 N–H and O–H groups in total. The first-order valence-electron chi connectivity index (χ1n) is 10.5. The van der Waals surface area contributed by atoms with Crippen LogP contribution in [0.1, 0.15) is 26.2 Å². The first-order chi connectivity index (χ1) is 13.9. The maximum atomic E-state index is 12.4. The molecule has 0 aromatic rings. The Morgan fingerprint density at radius 3 is 3.03 bits per heavy atom. The van der Waals surface area contributed by atoms with Crippen molar-refractivity contribution >= 4 is 17.5 Å². The molecular formula is C22H24N2O5. The molecule has 6 aliphatic rings. The van der Waals surface area contributed by atoms with E-state index in [-0.39, 0.29) is 35.8 Å². The van der Waals surface area contributed by atoms with Gasteiger partial charge in [-0.05, 0) is 43.9 Å². The number of aliphatic carboxylic acids is 1. The number of fused-ring (bicyclic) bond motifs is 2. The molecule has 1 saturated carbocycles. The summed E-state index contributed by atoms with van der Waals surface area (Å²) in [5, 5.41) is 13.2. The summed E-state index contributed by atoms with van der Waals surface area (Å²) in [5.74, 6) is -1.44. The van der Waals surface area contributed by atoms with Gasteiger partial charge in [0.05, 0.1) is 19.1 Å². The van der Waals surface area contributed by atoms with Gasteiger partial charge in [0.15, 0.2) is 0 Å². The highest BCUT2D eigenvalue weighted by molar-refractivity contribution is 6.48. The second-order valence-electron chi connectivity index (χ2n) is 9.32. The number of piperidine rings is 1. The molecule has 152 valence electrons. The number of rotatable bonds is 2. The van der Waals surface area contributed by atoms with E-state index in [1.165, 1.54) is 5.57 Å². The summed E-state index contributed by atoms with van der Waals surface area (Å²) >= 11 is 0. The average Bonchev–Trinajstić information content (AvgIpc) is 3.16. The number of ketones is 2. The molecule has 1 spiro atoms. The van der Waals surface area contributed by atoms with Gasteiger partial charge in [-0.25, -0.2) is 0 Å². The Morgan fingerprint density at radius 1 is 1.41 bits per heavy atom. The van der Waals surface area contributed by atoms with Gasteiger partial charge in [0.25, 0.3) is 0 Å². The summed E-state index contributed by atoms with van der Waals surface area (Å²) in [5.41, 5.74) is 3.37. The molecule has 0 aromatic carbocycles. The van der Waals surface area contributed by atoms with Gasteiger partial charge in [-0.1, -0.05) is 11.6 Å². The maximum Gasteiger partial charge on any atom is 0.305 e. The van der Waals surface area contributed by atoms with Crippen molar-refractivity contribution in [1.82, 2.24) is 10.2 Å². The molecule has 29 heavy (non-hydrogen) atoms. The Kier molecular flexibility index (Phi) is 3.44. The van der Waals surface area contributed by atoms with Crippen LogP contribution in [-0.4, -0.2) is 65.4 Å². The average molecular weight is 396 g/mol. The Balaban J connectivity index is 1.55. The number of carbonyl (C=O) groups excluding carboxylic acids is 2. The smallest absolute Gasteiger partial charge is 0.305 e. The van der Waals surface area contributed by atoms with Crippen molar-refractivity contribution < 1.29 is 24.2 Å². The lowest BCUT2D eigenvalue weighted by Crippen LogP contribution is -2.63. The SMILES string of the molecule is CC1=C2NC3C4C(CC(=O)O)OCC=C5CN6CCC3(C2=CC(=O)C1=O)C6CC54. The lowest BCUT2D eigenvalue weighted by atomic mass is 9.54. The van der Waals surface area contributed by atoms with Gasteiger partial charge >= 0.3 is 5.97 Å². The quantitative estimate of drug-likeness (QED) is 0.405. The zero-order chi connectivity index (χ0) is 20.1. The van der Waals surface area contributed by atoms with Gasteiger partial charge in [-0.2, -0.15) is 0 Å². The third-order valence-corrected chi connectivity index (χ3v) is 8.34. The predicted molar refractivity (Wildman–Crippen MR) is 102 cm³/mol. The van der Waals surface area contributed by atoms with Crippen molar-refractivity contribution in [2.45, 2.75) is 44.4 Å². The summed E-state index contributed by atoms with van der Waals surface area (Å²) in [4.78, 5) is 38.9. The molecule has 0 radical (unpaired) electrons. The number of carboxylic acids is 1. The zero-order valence-corrected chi connectivity index (χ0v) is 16.3. The van der Waals surface area contributed by atoms with Gasteiger partial charge in [-0.15, -0.1) is 0 Å². The van der Waals surface area contributed by atoms with Gasteiger partial charge in [0.2, 0.25) is 11.6 Å². The van der Waals surface area contributed by atoms with E-state index < -0.39 is 17.5 Å². The number of Topliss-reactive ketones (excluding diaryl/α,β-unsaturated/α-hetero) is 1. The summed E-state index contributed by atoms with van der Waals surface area (Å²) in [6.45, 7) is 4.02. The summed E-state index contributed by atoms with van der Waals surface area (Å²) < 4.78 is 6.08. The van der Waals surface area contributed by atoms with E-state index in [9.17, 15) is 19.5 Å². The summed E-state index contributed by atoms with van der Waals surface area (Å²) in [6, 6.07) is 0.275. The molecule has 6 unspecified atom stereocenters. The van der Waals surface area contributed by atoms with Crippen LogP contribution in [0.5, 0.6) is 0 Å². The van der Waals surface area contributed by atoms with Gasteiger partial charge in [-0.3, -0.25) is 19.3 Å². The van der Waals surface area contributed by atoms with Crippen LogP contribution >= 0.6 is 0 Å². The third-order valence-electron chi connectivity index (χ3n) is 8.34. The molecule has 4 aliphatic heterocycles. The van der Waals surface area contributed by atoms with E-state index in [0.717, 1.165) is 37.2 Å². The fourth-order valence-electron chi connectivity index (χ4n) is 7.24. The second kappa shape index (κ2) is 5.67. The minimum Gasteiger partial charge on any atom is -0.481 e. The lowest BCUT2D eigenvalue weighted by molar-refractivity contribution is -0.143. The fraction of sp³-hybridized carbons (Fsp3) is 0.591. The van der Waals surface area contributed by atoms with Crippen molar-refractivity contribution in [3.8, 4) is 0 Å². The molecule has 7 heteroatoms. The number of carbonyl (C=O) groups is 3. The van der Waals surface area contributed by atoms with Crippen molar-refractivity contribution in [2.75, 3.05) is 19.7 Å². The molecule has 0 aromatic heterocycles. The molecule has 7 nitrogen and oxygen atoms in total. The van der Waals surface area contributed by atoms with Gasteiger partial charge in [0.1, 0.15) is 0 Å². The maximum absolute atomic E-state index is 12.4. The molecule has 4 fully saturated rings. The lowest BCUT2D eigenvalue weighted by Gasteiger charge is -2.55. The number of ether oxygens (including phenoxy) is 1. The highest BCUT2D eigenvalue weighted by atomic mass is 16.5. The van der Waals surface area contributed by atoms with Crippen LogP contribution in [0, 0.1) is 17.3 Å². The van der Waals surface area contributed by atoms with E-state index in [0.29, 0.717) is 18.2 Å². The summed E-state index contributed by atoms with van der Waals surface area (Å²) in [6.07, 6.45) is 5.17. The highest BCUT2D eigenvalue weighted by Gasteiger charge is 2.68. The highest BCUT2D eigenvalue weighted by Crippen LogP contribution is 2.64. The normalized spacial score (nSPS) is 42.6. The number of allylic oxidation sites excluding steroid dienone is 3. The molecule has 0 amide bonds. The Morgan fingerprint density at radius 2 is 2.24 bits per heavy atom. The fourth-order valence-corrected chi connectivity index (χ4v) is 7.24. The third kappa shape index (κ3) is 2.07. The minimum atomic E-state index is -0.853. The topological polar surface area (TPSA) is 95.9 Å². The van der Waals surface area contributed by atoms with Crippen molar-refractivity contribution in [3.63, 3.8) is 0 Å². The van der Waals surface area contributed by atoms with Crippen LogP contribution in [0.4, 0.5) is 0 Å². The van der Waals surface area contributed by atoms with E-state index in [1.54, 1.807) is 13.0 Å². The number of nitrogens with zero attached hydrogens (tertiary/aromatic N) is 1. The number of nitrogens with one attached hydrogen (secondary N) is 1. The van der Waals surface area contributed by atoms with Crippen LogP contribution < -0.4 is 5.32 Å². The molecule has 4 heterocycles. The minimum absolute atomic E-state index is 0.00774. The predicted octanol–water partition coefficient (Wildman–Crippen LogP) is 0.821. The second-order valence-corrected chi connectivity index (χ2v) is 9.32. The first-order valence-corrected chi connectivity index (χ1v) is 10.5. The summed E-state index contributed by atoms with van der Waals surface area (Å²) in [7, 11) is 0. The van der Waals surface area contributed by atoms with E-state index in [2.05, 4.69) is 16.3 Å². The number of carboxylic acid groups (broad SMARTS) is 1. The molecule has 6 rings (SSSR count). The van der Waals surface area contributed by atoms with Crippen molar-refractivity contribution in [3.05, 3.63) is 34.6 Å². The number of hydrogen-bond acceptors (Lipinski definition) is 6. The van der Waals surface area contributed by atoms with Crippen molar-refractivity contribution in [2.24, 2.45) is 17.3 Å².